The third-order valence-corrected chi connectivity index (χ3v) is 3.12. The second-order valence-electron chi connectivity index (χ2n) is 4.49. The summed E-state index contributed by atoms with van der Waals surface area (Å²) in [7, 11) is 0. The third-order valence-electron chi connectivity index (χ3n) is 3.12. The van der Waals surface area contributed by atoms with Gasteiger partial charge in [-0.25, -0.2) is 0 Å². The fourth-order valence-corrected chi connectivity index (χ4v) is 2.04. The van der Waals surface area contributed by atoms with Crippen LogP contribution in [0, 0.1) is 6.08 Å². The first-order valence-corrected chi connectivity index (χ1v) is 6.24. The number of ketones is 1. The van der Waals surface area contributed by atoms with E-state index in [2.05, 4.69) is 21.0 Å². The quantitative estimate of drug-likeness (QED) is 0.845. The zero-order valence-corrected chi connectivity index (χ0v) is 10.8. The van der Waals surface area contributed by atoms with Crippen LogP contribution in [-0.4, -0.2) is 22.0 Å². The highest BCUT2D eigenvalue weighted by Gasteiger charge is 2.23. The number of H-pyrrole nitrogens is 2. The minimum Gasteiger partial charge on any atom is -0.329 e. The van der Waals surface area contributed by atoms with Crippen molar-refractivity contribution in [1.82, 2.24) is 9.97 Å². The summed E-state index contributed by atoms with van der Waals surface area (Å²) in [5.74, 6) is -0.913. The highest BCUT2D eigenvalue weighted by molar-refractivity contribution is 6.10. The maximum Gasteiger partial charge on any atom is 0.257 e. The molecule has 6 nitrogen and oxygen atoms in total. The van der Waals surface area contributed by atoms with Gasteiger partial charge in [-0.05, 0) is 17.7 Å². The van der Waals surface area contributed by atoms with Crippen molar-refractivity contribution in [2.24, 2.45) is 4.99 Å². The number of rotatable bonds is 2. The van der Waals surface area contributed by atoms with Crippen LogP contribution in [-0.2, 0) is 4.79 Å². The van der Waals surface area contributed by atoms with Gasteiger partial charge >= 0.3 is 0 Å². The second-order valence-corrected chi connectivity index (χ2v) is 4.49. The van der Waals surface area contributed by atoms with Crippen LogP contribution in [0.5, 0.6) is 0 Å². The van der Waals surface area contributed by atoms with Crippen LogP contribution in [0.25, 0.3) is 5.70 Å². The molecule has 3 rings (SSSR count). The van der Waals surface area contributed by atoms with Crippen LogP contribution in [0.15, 0.2) is 51.2 Å². The normalized spacial score (nSPS) is 17.6. The van der Waals surface area contributed by atoms with E-state index in [1.54, 1.807) is 18.2 Å². The first kappa shape index (κ1) is 13.0. The van der Waals surface area contributed by atoms with Crippen molar-refractivity contribution in [3.8, 4) is 0 Å². The SMILES string of the molecule is O=C1[C]=C(c2ccc[nH]c2=O)N=CC1c1ccc(=O)[nH]c1. The highest BCUT2D eigenvalue weighted by Crippen LogP contribution is 2.22. The molecule has 21 heavy (non-hydrogen) atoms. The van der Waals surface area contributed by atoms with Crippen LogP contribution < -0.4 is 11.1 Å². The molecule has 2 N–H and O–H groups in total. The number of carbonyl (C=O) groups is 1. The van der Waals surface area contributed by atoms with Gasteiger partial charge < -0.3 is 9.97 Å². The zero-order chi connectivity index (χ0) is 14.8. The molecule has 0 aliphatic carbocycles. The Labute approximate surface area is 118 Å². The van der Waals surface area contributed by atoms with E-state index < -0.39 is 5.92 Å². The number of aromatic amines is 2. The maximum atomic E-state index is 12.1. The van der Waals surface area contributed by atoms with Gasteiger partial charge in [0.25, 0.3) is 5.56 Å². The first-order valence-electron chi connectivity index (χ1n) is 6.24. The van der Waals surface area contributed by atoms with Crippen molar-refractivity contribution in [3.05, 3.63) is 74.6 Å². The molecule has 0 amide bonds. The Morgan fingerprint density at radius 3 is 2.62 bits per heavy atom. The summed E-state index contributed by atoms with van der Waals surface area (Å²) in [6, 6.07) is 6.14. The standard InChI is InChI=1S/C15H10N3O3/c19-13-6-12(10-2-1-5-16-15(10)21)17-8-11(13)9-3-4-14(20)18-7-9/h1-5,7-8,11H,(H,16,21)(H,18,20). The number of nitrogens with one attached hydrogen (secondary N) is 2. The lowest BCUT2D eigenvalue weighted by Gasteiger charge is -2.13. The lowest BCUT2D eigenvalue weighted by Crippen LogP contribution is -2.19. The summed E-state index contributed by atoms with van der Waals surface area (Å²) >= 11 is 0. The Balaban J connectivity index is 1.94. The van der Waals surface area contributed by atoms with Gasteiger partial charge in [-0.2, -0.15) is 0 Å². The van der Waals surface area contributed by atoms with Gasteiger partial charge in [-0.3, -0.25) is 19.4 Å². The topological polar surface area (TPSA) is 95.2 Å². The summed E-state index contributed by atoms with van der Waals surface area (Å²) in [6.45, 7) is 0. The van der Waals surface area contributed by atoms with E-state index >= 15 is 0 Å². The average Bonchev–Trinajstić information content (AvgIpc) is 2.49. The summed E-state index contributed by atoms with van der Waals surface area (Å²) in [5, 5.41) is 0. The number of allylic oxidation sites excluding steroid dienone is 1. The highest BCUT2D eigenvalue weighted by atomic mass is 16.1. The fraction of sp³-hybridized carbons (Fsp3) is 0.0667. The molecule has 0 bridgehead atoms. The molecular weight excluding hydrogens is 270 g/mol. The predicted octanol–water partition coefficient (Wildman–Crippen LogP) is 0.645. The number of nitrogens with zero attached hydrogens (tertiary/aromatic N) is 1. The Bertz CT molecular complexity index is 853. The molecular formula is C15H10N3O3. The summed E-state index contributed by atoms with van der Waals surface area (Å²) in [5.41, 5.74) is 0.559. The van der Waals surface area contributed by atoms with Crippen LogP contribution in [0.3, 0.4) is 0 Å². The van der Waals surface area contributed by atoms with E-state index in [-0.39, 0.29) is 22.6 Å². The predicted molar refractivity (Wildman–Crippen MR) is 77.0 cm³/mol. The van der Waals surface area contributed by atoms with E-state index in [1.807, 2.05) is 0 Å². The molecule has 1 aliphatic heterocycles. The van der Waals surface area contributed by atoms with Crippen molar-refractivity contribution in [1.29, 1.82) is 0 Å². The van der Waals surface area contributed by atoms with E-state index in [1.165, 1.54) is 24.7 Å². The molecule has 2 aromatic heterocycles. The van der Waals surface area contributed by atoms with Crippen LogP contribution in [0.2, 0.25) is 0 Å². The lowest BCUT2D eigenvalue weighted by atomic mass is 9.94. The fourth-order valence-electron chi connectivity index (χ4n) is 2.04. The van der Waals surface area contributed by atoms with E-state index in [0.29, 0.717) is 11.1 Å². The van der Waals surface area contributed by atoms with Crippen molar-refractivity contribution in [3.63, 3.8) is 0 Å². The summed E-state index contributed by atoms with van der Waals surface area (Å²) in [6.07, 6.45) is 7.03. The minimum atomic E-state index is -0.603. The number of aliphatic imine (C=N–C) groups is 1. The van der Waals surface area contributed by atoms with Gasteiger partial charge in [-0.15, -0.1) is 0 Å². The molecule has 1 unspecified atom stereocenters. The van der Waals surface area contributed by atoms with Gasteiger partial charge in [0, 0.05) is 24.7 Å². The van der Waals surface area contributed by atoms with Crippen LogP contribution in [0.1, 0.15) is 17.0 Å². The van der Waals surface area contributed by atoms with Crippen molar-refractivity contribution in [2.75, 3.05) is 0 Å². The number of Topliss-reactive ketones (excluding diaryl/α,β-unsaturated/α-hetero) is 1. The number of aromatic nitrogens is 2. The molecule has 1 atom stereocenters. The first-order chi connectivity index (χ1) is 10.1. The minimum absolute atomic E-state index is 0.211. The van der Waals surface area contributed by atoms with E-state index in [9.17, 15) is 14.4 Å². The van der Waals surface area contributed by atoms with Crippen molar-refractivity contribution >= 4 is 17.7 Å². The Morgan fingerprint density at radius 1 is 1.10 bits per heavy atom. The zero-order valence-electron chi connectivity index (χ0n) is 10.8. The van der Waals surface area contributed by atoms with E-state index in [4.69, 9.17) is 0 Å². The molecule has 0 saturated carbocycles. The summed E-state index contributed by atoms with van der Waals surface area (Å²) in [4.78, 5) is 44.0. The second kappa shape index (κ2) is 5.16. The molecule has 6 heteroatoms. The average molecular weight is 280 g/mol. The van der Waals surface area contributed by atoms with Gasteiger partial charge in [0.2, 0.25) is 5.56 Å². The number of carbonyl (C=O) groups excluding carboxylic acids is 1. The number of pyridine rings is 2. The molecule has 1 radical (unpaired) electrons. The molecule has 0 fully saturated rings. The van der Waals surface area contributed by atoms with Crippen molar-refractivity contribution in [2.45, 2.75) is 5.92 Å². The molecule has 0 saturated heterocycles. The molecule has 2 aromatic rings. The monoisotopic (exact) mass is 280 g/mol. The van der Waals surface area contributed by atoms with E-state index in [0.717, 1.165) is 0 Å². The van der Waals surface area contributed by atoms with Gasteiger partial charge in [-0.1, -0.05) is 6.07 Å². The summed E-state index contributed by atoms with van der Waals surface area (Å²) < 4.78 is 0. The molecule has 0 aromatic carbocycles. The maximum absolute atomic E-state index is 12.1. The Kier molecular flexibility index (Phi) is 3.19. The van der Waals surface area contributed by atoms with Crippen LogP contribution in [0.4, 0.5) is 0 Å². The molecule has 0 spiro atoms. The third kappa shape index (κ3) is 2.51. The molecule has 103 valence electrons. The Hall–Kier alpha value is -3.02. The molecule has 1 aliphatic rings. The van der Waals surface area contributed by atoms with Crippen LogP contribution >= 0.6 is 0 Å². The molecule has 3 heterocycles. The van der Waals surface area contributed by atoms with Crippen molar-refractivity contribution < 1.29 is 4.79 Å². The lowest BCUT2D eigenvalue weighted by molar-refractivity contribution is -0.115. The van der Waals surface area contributed by atoms with Gasteiger partial charge in [0.1, 0.15) is 0 Å². The van der Waals surface area contributed by atoms with Gasteiger partial charge in [0.05, 0.1) is 23.3 Å². The number of hydrogen-bond donors (Lipinski definition) is 2. The largest absolute Gasteiger partial charge is 0.329 e. The number of hydrogen-bond acceptors (Lipinski definition) is 4. The van der Waals surface area contributed by atoms with Gasteiger partial charge in [0.15, 0.2) is 5.78 Å². The smallest absolute Gasteiger partial charge is 0.257 e. The Morgan fingerprint density at radius 2 is 1.95 bits per heavy atom.